The number of carbonyl (C=O) groups is 1. The molecule has 1 heterocycles. The zero-order chi connectivity index (χ0) is 21.8. The van der Waals surface area contributed by atoms with Crippen LogP contribution in [-0.4, -0.2) is 29.9 Å². The zero-order valence-corrected chi connectivity index (χ0v) is 17.6. The van der Waals surface area contributed by atoms with E-state index in [9.17, 15) is 4.79 Å². The van der Waals surface area contributed by atoms with E-state index in [0.717, 1.165) is 48.7 Å². The summed E-state index contributed by atoms with van der Waals surface area (Å²) in [4.78, 5) is 20.2. The first kappa shape index (κ1) is 20.7. The molecule has 1 aromatic heterocycles. The van der Waals surface area contributed by atoms with Gasteiger partial charge in [0.2, 0.25) is 5.91 Å². The Hall–Kier alpha value is -3.60. The molecule has 3 aromatic rings. The lowest BCUT2D eigenvalue weighted by Crippen LogP contribution is -2.44. The van der Waals surface area contributed by atoms with Gasteiger partial charge in [-0.25, -0.2) is 4.98 Å². The molecule has 4 rings (SSSR count). The van der Waals surface area contributed by atoms with Crippen molar-refractivity contribution in [1.82, 2.24) is 4.98 Å². The molecule has 1 aliphatic rings. The van der Waals surface area contributed by atoms with Gasteiger partial charge in [0, 0.05) is 24.4 Å². The lowest BCUT2D eigenvalue weighted by atomic mass is 9.77. The molecule has 1 fully saturated rings. The smallest absolute Gasteiger partial charge is 0.238 e. The number of likely N-dealkylation sites (N-methyl/N-ethyl adjacent to an activating group) is 1. The highest BCUT2D eigenvalue weighted by Crippen LogP contribution is 2.43. The Bertz CT molecular complexity index is 1100. The molecular weight excluding hydrogens is 384 g/mol. The SMILES string of the molecule is CN(C(=O)C1(c2ccccc2)CCCC1)c1cccc(-c2ccc(C(=N)C=N)cc2)n1. The Kier molecular flexibility index (Phi) is 5.76. The predicted molar refractivity (Wildman–Crippen MR) is 125 cm³/mol. The molecule has 2 N–H and O–H groups in total. The minimum atomic E-state index is -0.484. The van der Waals surface area contributed by atoms with Gasteiger partial charge < -0.3 is 5.41 Å². The van der Waals surface area contributed by atoms with E-state index >= 15 is 0 Å². The molecule has 5 nitrogen and oxygen atoms in total. The van der Waals surface area contributed by atoms with Crippen LogP contribution in [0, 0.1) is 10.8 Å². The third-order valence-electron chi connectivity index (χ3n) is 6.21. The molecule has 0 aliphatic heterocycles. The summed E-state index contributed by atoms with van der Waals surface area (Å²) in [7, 11) is 1.81. The predicted octanol–water partition coefficient (Wildman–Crippen LogP) is 5.24. The number of pyridine rings is 1. The number of nitrogens with zero attached hydrogens (tertiary/aromatic N) is 2. The Morgan fingerprint density at radius 3 is 2.29 bits per heavy atom. The van der Waals surface area contributed by atoms with Crippen LogP contribution in [-0.2, 0) is 10.2 Å². The number of nitrogens with one attached hydrogen (secondary N) is 2. The van der Waals surface area contributed by atoms with Crippen molar-refractivity contribution in [3.05, 3.63) is 83.9 Å². The molecule has 0 radical (unpaired) electrons. The lowest BCUT2D eigenvalue weighted by Gasteiger charge is -2.32. The summed E-state index contributed by atoms with van der Waals surface area (Å²) in [5.74, 6) is 0.719. The molecule has 0 unspecified atom stereocenters. The van der Waals surface area contributed by atoms with Gasteiger partial charge in [-0.1, -0.05) is 73.5 Å². The molecule has 1 amide bonds. The van der Waals surface area contributed by atoms with Gasteiger partial charge in [-0.3, -0.25) is 15.1 Å². The lowest BCUT2D eigenvalue weighted by molar-refractivity contribution is -0.123. The second kappa shape index (κ2) is 8.64. The standard InChI is InChI=1S/C26H26N4O/c1-30(25(31)26(16-5-6-17-26)21-8-3-2-4-9-21)24-11-7-10-23(29-24)20-14-12-19(13-15-20)22(28)18-27/h2-4,7-15,18,27-28H,5-6,16-17H2,1H3. The van der Waals surface area contributed by atoms with E-state index in [1.54, 1.807) is 4.90 Å². The number of aromatic nitrogens is 1. The number of rotatable bonds is 6. The molecule has 0 saturated heterocycles. The van der Waals surface area contributed by atoms with Crippen molar-refractivity contribution >= 4 is 23.7 Å². The van der Waals surface area contributed by atoms with E-state index in [4.69, 9.17) is 15.8 Å². The van der Waals surface area contributed by atoms with Gasteiger partial charge >= 0.3 is 0 Å². The molecule has 2 aromatic carbocycles. The fraction of sp³-hybridized carbons (Fsp3) is 0.231. The second-order valence-corrected chi connectivity index (χ2v) is 8.04. The van der Waals surface area contributed by atoms with E-state index in [2.05, 4.69) is 12.1 Å². The maximum absolute atomic E-state index is 13.7. The third kappa shape index (κ3) is 3.91. The topological polar surface area (TPSA) is 80.9 Å². The average molecular weight is 411 g/mol. The van der Waals surface area contributed by atoms with Crippen molar-refractivity contribution in [3.63, 3.8) is 0 Å². The van der Waals surface area contributed by atoms with Gasteiger partial charge in [-0.15, -0.1) is 0 Å². The van der Waals surface area contributed by atoms with Crippen LogP contribution in [0.15, 0.2) is 72.8 Å². The van der Waals surface area contributed by atoms with Crippen molar-refractivity contribution in [2.24, 2.45) is 0 Å². The number of amides is 1. The minimum absolute atomic E-state index is 0.0932. The molecule has 0 bridgehead atoms. The molecular formula is C26H26N4O. The van der Waals surface area contributed by atoms with Crippen LogP contribution in [0.2, 0.25) is 0 Å². The van der Waals surface area contributed by atoms with E-state index in [1.165, 1.54) is 0 Å². The first-order valence-corrected chi connectivity index (χ1v) is 10.6. The van der Waals surface area contributed by atoms with Gasteiger partial charge in [0.25, 0.3) is 0 Å². The van der Waals surface area contributed by atoms with E-state index in [1.807, 2.05) is 67.7 Å². The number of anilines is 1. The van der Waals surface area contributed by atoms with E-state index < -0.39 is 5.41 Å². The Morgan fingerprint density at radius 2 is 1.65 bits per heavy atom. The molecule has 31 heavy (non-hydrogen) atoms. The highest BCUT2D eigenvalue weighted by molar-refractivity contribution is 6.35. The Labute approximate surface area is 182 Å². The fourth-order valence-electron chi connectivity index (χ4n) is 4.46. The van der Waals surface area contributed by atoms with Gasteiger partial charge in [-0.05, 0) is 30.5 Å². The first-order chi connectivity index (χ1) is 15.0. The molecule has 5 heteroatoms. The summed E-state index contributed by atoms with van der Waals surface area (Å²) >= 11 is 0. The summed E-state index contributed by atoms with van der Waals surface area (Å²) < 4.78 is 0. The quantitative estimate of drug-likeness (QED) is 0.545. The summed E-state index contributed by atoms with van der Waals surface area (Å²) in [5.41, 5.74) is 3.13. The van der Waals surface area contributed by atoms with E-state index in [0.29, 0.717) is 11.4 Å². The maximum atomic E-state index is 13.7. The third-order valence-corrected chi connectivity index (χ3v) is 6.21. The van der Waals surface area contributed by atoms with Crippen molar-refractivity contribution in [2.75, 3.05) is 11.9 Å². The summed E-state index contributed by atoms with van der Waals surface area (Å²) in [6, 6.07) is 23.2. The Morgan fingerprint density at radius 1 is 0.968 bits per heavy atom. The normalized spacial score (nSPS) is 14.7. The number of carbonyl (C=O) groups excluding carboxylic acids is 1. The second-order valence-electron chi connectivity index (χ2n) is 8.04. The zero-order valence-electron chi connectivity index (χ0n) is 17.6. The largest absolute Gasteiger partial charge is 0.307 e. The van der Waals surface area contributed by atoms with Crippen LogP contribution in [0.4, 0.5) is 5.82 Å². The van der Waals surface area contributed by atoms with Crippen molar-refractivity contribution in [2.45, 2.75) is 31.1 Å². The van der Waals surface area contributed by atoms with Gasteiger partial charge in [0.15, 0.2) is 0 Å². The van der Waals surface area contributed by atoms with Crippen LogP contribution in [0.25, 0.3) is 11.3 Å². The fourth-order valence-corrected chi connectivity index (χ4v) is 4.46. The molecule has 156 valence electrons. The average Bonchev–Trinajstić information content (AvgIpc) is 3.34. The molecule has 0 atom stereocenters. The molecule has 0 spiro atoms. The summed E-state index contributed by atoms with van der Waals surface area (Å²) in [6.45, 7) is 0. The van der Waals surface area contributed by atoms with Gasteiger partial charge in [0.1, 0.15) is 5.82 Å². The van der Waals surface area contributed by atoms with Crippen LogP contribution < -0.4 is 4.90 Å². The minimum Gasteiger partial charge on any atom is -0.307 e. The van der Waals surface area contributed by atoms with Crippen LogP contribution in [0.1, 0.15) is 36.8 Å². The van der Waals surface area contributed by atoms with Gasteiger partial charge in [0.05, 0.1) is 16.8 Å². The summed E-state index contributed by atoms with van der Waals surface area (Å²) in [6.07, 6.45) is 4.86. The van der Waals surface area contributed by atoms with Crippen LogP contribution in [0.3, 0.4) is 0 Å². The van der Waals surface area contributed by atoms with Crippen molar-refractivity contribution in [1.29, 1.82) is 10.8 Å². The van der Waals surface area contributed by atoms with Gasteiger partial charge in [-0.2, -0.15) is 0 Å². The van der Waals surface area contributed by atoms with Crippen LogP contribution >= 0.6 is 0 Å². The summed E-state index contributed by atoms with van der Waals surface area (Å²) in [5, 5.41) is 15.0. The number of hydrogen-bond acceptors (Lipinski definition) is 4. The van der Waals surface area contributed by atoms with E-state index in [-0.39, 0.29) is 11.6 Å². The number of benzene rings is 2. The van der Waals surface area contributed by atoms with Crippen molar-refractivity contribution in [3.8, 4) is 11.3 Å². The monoisotopic (exact) mass is 410 g/mol. The molecule has 1 aliphatic carbocycles. The first-order valence-electron chi connectivity index (χ1n) is 10.6. The Balaban J connectivity index is 1.63. The van der Waals surface area contributed by atoms with Crippen LogP contribution in [0.5, 0.6) is 0 Å². The molecule has 1 saturated carbocycles. The highest BCUT2D eigenvalue weighted by atomic mass is 16.2. The number of hydrogen-bond donors (Lipinski definition) is 2. The maximum Gasteiger partial charge on any atom is 0.238 e. The van der Waals surface area contributed by atoms with Crippen molar-refractivity contribution < 1.29 is 4.79 Å². The highest BCUT2D eigenvalue weighted by Gasteiger charge is 2.44.